The van der Waals surface area contributed by atoms with Gasteiger partial charge in [-0.2, -0.15) is 4.31 Å². The number of nitrogens with zero attached hydrogens (tertiary/aromatic N) is 2. The van der Waals surface area contributed by atoms with Crippen molar-refractivity contribution in [1.29, 1.82) is 0 Å². The smallest absolute Gasteiger partial charge is 0.325 e. The molecular formula is C21H24N4O8S. The van der Waals surface area contributed by atoms with Crippen LogP contribution in [0.3, 0.4) is 0 Å². The summed E-state index contributed by atoms with van der Waals surface area (Å²) in [6.45, 7) is 3.73. The number of ether oxygens (including phenoxy) is 2. The van der Waals surface area contributed by atoms with E-state index in [9.17, 15) is 28.1 Å². The Labute approximate surface area is 196 Å². The van der Waals surface area contributed by atoms with E-state index in [1.165, 1.54) is 4.31 Å². The number of sulfonamides is 1. The maximum Gasteiger partial charge on any atom is 0.325 e. The van der Waals surface area contributed by atoms with Gasteiger partial charge in [0.2, 0.25) is 10.0 Å². The number of nitrogens with one attached hydrogen (secondary N) is 2. The number of morpholine rings is 1. The molecule has 182 valence electrons. The molecule has 0 unspecified atom stereocenters. The lowest BCUT2D eigenvalue weighted by Gasteiger charge is -2.26. The number of hydrogen-bond acceptors (Lipinski definition) is 8. The zero-order valence-electron chi connectivity index (χ0n) is 18.6. The van der Waals surface area contributed by atoms with Gasteiger partial charge in [0.05, 0.1) is 23.0 Å². The number of carbonyl (C=O) groups is 2. The molecule has 0 aliphatic carbocycles. The zero-order chi connectivity index (χ0) is 24.9. The van der Waals surface area contributed by atoms with Crippen LogP contribution in [0.1, 0.15) is 11.1 Å². The highest BCUT2D eigenvalue weighted by molar-refractivity contribution is 7.89. The first-order valence-corrected chi connectivity index (χ1v) is 11.7. The van der Waals surface area contributed by atoms with E-state index in [-0.39, 0.29) is 36.9 Å². The fourth-order valence-corrected chi connectivity index (χ4v) is 4.63. The third kappa shape index (κ3) is 5.87. The summed E-state index contributed by atoms with van der Waals surface area (Å²) < 4.78 is 37.0. The van der Waals surface area contributed by atoms with Gasteiger partial charge in [0.25, 0.3) is 5.91 Å². The molecule has 0 aromatic heterocycles. The minimum Gasteiger partial charge on any atom is -0.477 e. The fourth-order valence-electron chi connectivity index (χ4n) is 3.20. The van der Waals surface area contributed by atoms with Crippen molar-refractivity contribution in [2.24, 2.45) is 0 Å². The van der Waals surface area contributed by atoms with E-state index in [4.69, 9.17) is 9.47 Å². The van der Waals surface area contributed by atoms with Crippen LogP contribution in [-0.2, 0) is 19.6 Å². The second kappa shape index (κ2) is 10.6. The Morgan fingerprint density at radius 3 is 2.56 bits per heavy atom. The van der Waals surface area contributed by atoms with Crippen LogP contribution < -0.4 is 15.4 Å². The van der Waals surface area contributed by atoms with Crippen molar-refractivity contribution in [1.82, 2.24) is 9.62 Å². The van der Waals surface area contributed by atoms with Crippen molar-refractivity contribution in [3.8, 4) is 5.75 Å². The van der Waals surface area contributed by atoms with Crippen molar-refractivity contribution in [2.45, 2.75) is 18.7 Å². The van der Waals surface area contributed by atoms with E-state index in [2.05, 4.69) is 10.6 Å². The van der Waals surface area contributed by atoms with Gasteiger partial charge in [0.1, 0.15) is 0 Å². The largest absolute Gasteiger partial charge is 0.477 e. The summed E-state index contributed by atoms with van der Waals surface area (Å²) in [5, 5.41) is 16.1. The normalized spacial score (nSPS) is 14.3. The highest BCUT2D eigenvalue weighted by Crippen LogP contribution is 2.31. The number of carbonyl (C=O) groups excluding carboxylic acids is 2. The lowest BCUT2D eigenvalue weighted by Crippen LogP contribution is -2.40. The molecule has 1 saturated heterocycles. The summed E-state index contributed by atoms with van der Waals surface area (Å²) in [6.07, 6.45) is 0. The number of benzene rings is 2. The van der Waals surface area contributed by atoms with Crippen LogP contribution >= 0.6 is 0 Å². The third-order valence-electron chi connectivity index (χ3n) is 5.20. The molecule has 2 aromatic rings. The van der Waals surface area contributed by atoms with Crippen LogP contribution in [0.4, 0.5) is 16.2 Å². The summed E-state index contributed by atoms with van der Waals surface area (Å²) in [6, 6.07) is 7.67. The lowest BCUT2D eigenvalue weighted by molar-refractivity contribution is -0.386. The Balaban J connectivity index is 1.65. The van der Waals surface area contributed by atoms with Gasteiger partial charge in [0.15, 0.2) is 12.4 Å². The van der Waals surface area contributed by atoms with E-state index in [1.807, 2.05) is 19.9 Å². The molecule has 0 atom stereocenters. The number of anilines is 1. The second-order valence-corrected chi connectivity index (χ2v) is 9.38. The van der Waals surface area contributed by atoms with Gasteiger partial charge >= 0.3 is 11.7 Å². The van der Waals surface area contributed by atoms with Crippen molar-refractivity contribution < 1.29 is 32.4 Å². The molecule has 1 fully saturated rings. The van der Waals surface area contributed by atoms with E-state index in [0.717, 1.165) is 29.3 Å². The van der Waals surface area contributed by atoms with Crippen molar-refractivity contribution in [2.75, 3.05) is 38.2 Å². The van der Waals surface area contributed by atoms with Crippen LogP contribution in [0.2, 0.25) is 0 Å². The molecule has 0 spiro atoms. The summed E-state index contributed by atoms with van der Waals surface area (Å²) in [5.41, 5.74) is 1.70. The van der Waals surface area contributed by atoms with Crippen LogP contribution in [0, 0.1) is 24.0 Å². The monoisotopic (exact) mass is 492 g/mol. The lowest BCUT2D eigenvalue weighted by atomic mass is 10.1. The summed E-state index contributed by atoms with van der Waals surface area (Å²) >= 11 is 0. The number of nitro benzene ring substituents is 1. The maximum atomic E-state index is 12.8. The van der Waals surface area contributed by atoms with Gasteiger partial charge in [-0.3, -0.25) is 20.2 Å². The molecule has 2 aromatic carbocycles. The number of nitro groups is 1. The predicted octanol–water partition coefficient (Wildman–Crippen LogP) is 1.96. The summed E-state index contributed by atoms with van der Waals surface area (Å²) in [7, 11) is -3.96. The number of amides is 3. The van der Waals surface area contributed by atoms with Crippen LogP contribution in [-0.4, -0.2) is 62.5 Å². The molecule has 1 aliphatic rings. The van der Waals surface area contributed by atoms with Gasteiger partial charge < -0.3 is 14.8 Å². The average Bonchev–Trinajstić information content (AvgIpc) is 2.81. The quantitative estimate of drug-likeness (QED) is 0.439. The topological polar surface area (TPSA) is 157 Å². The van der Waals surface area contributed by atoms with Crippen LogP contribution in [0.5, 0.6) is 5.75 Å². The predicted molar refractivity (Wildman–Crippen MR) is 121 cm³/mol. The molecular weight excluding hydrogens is 468 g/mol. The van der Waals surface area contributed by atoms with Crippen molar-refractivity contribution in [3.63, 3.8) is 0 Å². The van der Waals surface area contributed by atoms with Gasteiger partial charge in [-0.25, -0.2) is 13.2 Å². The molecule has 1 heterocycles. The Hall–Kier alpha value is -3.55. The summed E-state index contributed by atoms with van der Waals surface area (Å²) in [5.74, 6) is -1.15. The molecule has 1 aliphatic heterocycles. The zero-order valence-corrected chi connectivity index (χ0v) is 19.4. The van der Waals surface area contributed by atoms with E-state index in [1.54, 1.807) is 12.1 Å². The van der Waals surface area contributed by atoms with Crippen LogP contribution in [0.25, 0.3) is 0 Å². The fraction of sp³-hybridized carbons (Fsp3) is 0.333. The number of hydrogen-bond donors (Lipinski definition) is 2. The third-order valence-corrected chi connectivity index (χ3v) is 7.09. The molecule has 34 heavy (non-hydrogen) atoms. The molecule has 2 N–H and O–H groups in total. The van der Waals surface area contributed by atoms with Gasteiger partial charge in [-0.15, -0.1) is 0 Å². The molecule has 0 bridgehead atoms. The minimum atomic E-state index is -3.96. The average molecular weight is 493 g/mol. The SMILES string of the molecule is Cc1cccc(NC(=O)NC(=O)COc2ccc(S(=O)(=O)N3CCOCC3)cc2[N+](=O)[O-])c1C. The molecule has 3 amide bonds. The Kier molecular flexibility index (Phi) is 7.81. The highest BCUT2D eigenvalue weighted by atomic mass is 32.2. The Morgan fingerprint density at radius 1 is 1.18 bits per heavy atom. The van der Waals surface area contributed by atoms with Crippen LogP contribution in [0.15, 0.2) is 41.3 Å². The Bertz CT molecular complexity index is 1210. The number of imide groups is 1. The first-order chi connectivity index (χ1) is 16.1. The van der Waals surface area contributed by atoms with Gasteiger partial charge in [-0.1, -0.05) is 12.1 Å². The first kappa shape index (κ1) is 25.1. The number of aryl methyl sites for hydroxylation is 1. The van der Waals surface area contributed by atoms with Crippen molar-refractivity contribution >= 4 is 33.3 Å². The standard InChI is InChI=1S/C21H24N4O8S/c1-14-4-3-5-17(15(14)2)22-21(27)23-20(26)13-33-19-7-6-16(12-18(19)25(28)29)34(30,31)24-8-10-32-11-9-24/h3-7,12H,8-11,13H2,1-2H3,(H2,22,23,26,27). The molecule has 0 radical (unpaired) electrons. The maximum absolute atomic E-state index is 12.8. The molecule has 12 nitrogen and oxygen atoms in total. The number of urea groups is 1. The summed E-state index contributed by atoms with van der Waals surface area (Å²) in [4.78, 5) is 34.6. The number of rotatable bonds is 7. The molecule has 13 heteroatoms. The van der Waals surface area contributed by atoms with Crippen molar-refractivity contribution in [3.05, 3.63) is 57.6 Å². The van der Waals surface area contributed by atoms with Gasteiger partial charge in [0, 0.05) is 24.8 Å². The van der Waals surface area contributed by atoms with E-state index >= 15 is 0 Å². The van der Waals surface area contributed by atoms with E-state index < -0.39 is 39.2 Å². The molecule has 0 saturated carbocycles. The Morgan fingerprint density at radius 2 is 1.88 bits per heavy atom. The van der Waals surface area contributed by atoms with Gasteiger partial charge in [-0.05, 0) is 43.2 Å². The minimum absolute atomic E-state index is 0.138. The second-order valence-electron chi connectivity index (χ2n) is 7.44. The first-order valence-electron chi connectivity index (χ1n) is 10.3. The highest BCUT2D eigenvalue weighted by Gasteiger charge is 2.29. The van der Waals surface area contributed by atoms with E-state index in [0.29, 0.717) is 5.69 Å². The molecule has 3 rings (SSSR count).